The Morgan fingerprint density at radius 1 is 1.27 bits per heavy atom. The Morgan fingerprint density at radius 2 is 2.08 bits per heavy atom. The van der Waals surface area contributed by atoms with Crippen LogP contribution in [0.25, 0.3) is 0 Å². The molecule has 136 valence electrons. The Morgan fingerprint density at radius 3 is 2.81 bits per heavy atom. The highest BCUT2D eigenvalue weighted by molar-refractivity contribution is 5.95. The van der Waals surface area contributed by atoms with Crippen molar-refractivity contribution >= 4 is 17.5 Å². The summed E-state index contributed by atoms with van der Waals surface area (Å²) < 4.78 is 20.6. The largest absolute Gasteiger partial charge is 0.361 e. The third-order valence-corrected chi connectivity index (χ3v) is 4.91. The Hall–Kier alpha value is -2.74. The maximum atomic E-state index is 13.2. The van der Waals surface area contributed by atoms with Gasteiger partial charge in [-0.1, -0.05) is 0 Å². The lowest BCUT2D eigenvalue weighted by Gasteiger charge is -2.40. The van der Waals surface area contributed by atoms with Gasteiger partial charge in [0.05, 0.1) is 13.1 Å². The summed E-state index contributed by atoms with van der Waals surface area (Å²) in [5, 5.41) is 4.05. The second kappa shape index (κ2) is 6.53. The minimum atomic E-state index is -0.581. The highest BCUT2D eigenvalue weighted by Gasteiger charge is 2.46. The summed E-state index contributed by atoms with van der Waals surface area (Å²) in [6, 6.07) is 7.61. The maximum absolute atomic E-state index is 13.2. The van der Waals surface area contributed by atoms with Gasteiger partial charge in [0.25, 0.3) is 5.91 Å². The standard InChI is InChI=1S/C18H19FN4O3/c19-14-2-4-15(5-3-14)23-13-18(26-11-17(23)25)6-9-21(12-18)16(24)10-22-8-1-7-20-22/h1-5,7-8H,6,9-13H2. The van der Waals surface area contributed by atoms with Crippen molar-refractivity contribution in [3.8, 4) is 0 Å². The van der Waals surface area contributed by atoms with E-state index in [1.54, 1.807) is 45.1 Å². The summed E-state index contributed by atoms with van der Waals surface area (Å²) in [6.07, 6.45) is 4.04. The van der Waals surface area contributed by atoms with Gasteiger partial charge in [0.2, 0.25) is 5.91 Å². The van der Waals surface area contributed by atoms with E-state index in [1.165, 1.54) is 12.1 Å². The number of carbonyl (C=O) groups excluding carboxylic acids is 2. The summed E-state index contributed by atoms with van der Waals surface area (Å²) in [5.74, 6) is -0.539. The van der Waals surface area contributed by atoms with Crippen molar-refractivity contribution in [1.82, 2.24) is 14.7 Å². The predicted octanol–water partition coefficient (Wildman–Crippen LogP) is 1.06. The number of rotatable bonds is 3. The fourth-order valence-corrected chi connectivity index (χ4v) is 3.51. The molecule has 1 aromatic carbocycles. The van der Waals surface area contributed by atoms with E-state index in [9.17, 15) is 14.0 Å². The van der Waals surface area contributed by atoms with Crippen LogP contribution in [-0.2, 0) is 20.9 Å². The van der Waals surface area contributed by atoms with Gasteiger partial charge in [-0.3, -0.25) is 14.3 Å². The molecule has 26 heavy (non-hydrogen) atoms. The lowest BCUT2D eigenvalue weighted by Crippen LogP contribution is -2.56. The molecule has 2 aromatic rings. The van der Waals surface area contributed by atoms with Crippen molar-refractivity contribution in [2.45, 2.75) is 18.6 Å². The molecule has 2 amide bonds. The Labute approximate surface area is 149 Å². The van der Waals surface area contributed by atoms with Crippen LogP contribution >= 0.6 is 0 Å². The number of ether oxygens (including phenoxy) is 1. The van der Waals surface area contributed by atoms with Gasteiger partial charge in [-0.25, -0.2) is 4.39 Å². The van der Waals surface area contributed by atoms with E-state index in [2.05, 4.69) is 5.10 Å². The first-order chi connectivity index (χ1) is 12.5. The molecule has 2 saturated heterocycles. The topological polar surface area (TPSA) is 67.7 Å². The highest BCUT2D eigenvalue weighted by atomic mass is 19.1. The van der Waals surface area contributed by atoms with Crippen molar-refractivity contribution in [3.63, 3.8) is 0 Å². The molecule has 1 atom stereocenters. The lowest BCUT2D eigenvalue weighted by molar-refractivity contribution is -0.139. The van der Waals surface area contributed by atoms with Crippen molar-refractivity contribution in [2.75, 3.05) is 31.1 Å². The quantitative estimate of drug-likeness (QED) is 0.823. The van der Waals surface area contributed by atoms with E-state index >= 15 is 0 Å². The van der Waals surface area contributed by atoms with E-state index in [0.717, 1.165) is 0 Å². The normalized spacial score (nSPS) is 23.0. The Bertz CT molecular complexity index is 808. The SMILES string of the molecule is O=C(Cn1cccn1)N1CCC2(C1)CN(c1ccc(F)cc1)C(=O)CO2. The number of hydrogen-bond donors (Lipinski definition) is 0. The number of aromatic nitrogens is 2. The van der Waals surface area contributed by atoms with Gasteiger partial charge >= 0.3 is 0 Å². The van der Waals surface area contributed by atoms with Gasteiger partial charge < -0.3 is 14.5 Å². The number of carbonyl (C=O) groups is 2. The fraction of sp³-hybridized carbons (Fsp3) is 0.389. The van der Waals surface area contributed by atoms with Crippen LogP contribution < -0.4 is 4.90 Å². The zero-order valence-electron chi connectivity index (χ0n) is 14.2. The summed E-state index contributed by atoms with van der Waals surface area (Å²) >= 11 is 0. The van der Waals surface area contributed by atoms with E-state index in [4.69, 9.17) is 4.74 Å². The molecule has 2 aliphatic heterocycles. The number of morpholine rings is 1. The lowest BCUT2D eigenvalue weighted by atomic mass is 10.00. The number of halogens is 1. The third kappa shape index (κ3) is 3.20. The molecule has 0 radical (unpaired) electrons. The van der Waals surface area contributed by atoms with Crippen LogP contribution in [0.1, 0.15) is 6.42 Å². The van der Waals surface area contributed by atoms with Gasteiger partial charge in [-0.2, -0.15) is 5.10 Å². The zero-order valence-corrected chi connectivity index (χ0v) is 14.2. The molecule has 0 N–H and O–H groups in total. The van der Waals surface area contributed by atoms with Gasteiger partial charge in [0, 0.05) is 24.6 Å². The number of amides is 2. The Kier molecular flexibility index (Phi) is 4.20. The van der Waals surface area contributed by atoms with Crippen LogP contribution in [0.3, 0.4) is 0 Å². The molecule has 1 aromatic heterocycles. The van der Waals surface area contributed by atoms with Gasteiger partial charge in [-0.05, 0) is 36.8 Å². The maximum Gasteiger partial charge on any atom is 0.253 e. The summed E-state index contributed by atoms with van der Waals surface area (Å²) in [7, 11) is 0. The first-order valence-electron chi connectivity index (χ1n) is 8.50. The molecular formula is C18H19FN4O3. The number of likely N-dealkylation sites (tertiary alicyclic amines) is 1. The van der Waals surface area contributed by atoms with Crippen LogP contribution in [-0.4, -0.2) is 58.3 Å². The molecule has 2 aliphatic rings. The third-order valence-electron chi connectivity index (χ3n) is 4.91. The second-order valence-corrected chi connectivity index (χ2v) is 6.70. The molecule has 4 rings (SSSR count). The van der Waals surface area contributed by atoms with E-state index in [-0.39, 0.29) is 30.8 Å². The average Bonchev–Trinajstić information content (AvgIpc) is 3.29. The molecule has 2 fully saturated rings. The van der Waals surface area contributed by atoms with Crippen LogP contribution in [0.15, 0.2) is 42.7 Å². The van der Waals surface area contributed by atoms with Crippen molar-refractivity contribution in [1.29, 1.82) is 0 Å². The van der Waals surface area contributed by atoms with Crippen LogP contribution in [0, 0.1) is 5.82 Å². The second-order valence-electron chi connectivity index (χ2n) is 6.70. The minimum Gasteiger partial charge on any atom is -0.361 e. The first-order valence-corrected chi connectivity index (χ1v) is 8.50. The molecule has 3 heterocycles. The summed E-state index contributed by atoms with van der Waals surface area (Å²) in [4.78, 5) is 28.1. The van der Waals surface area contributed by atoms with Crippen LogP contribution in [0.5, 0.6) is 0 Å². The van der Waals surface area contributed by atoms with Crippen LogP contribution in [0.4, 0.5) is 10.1 Å². The fourth-order valence-electron chi connectivity index (χ4n) is 3.51. The molecule has 0 bridgehead atoms. The van der Waals surface area contributed by atoms with Crippen molar-refractivity contribution in [2.24, 2.45) is 0 Å². The number of anilines is 1. The molecule has 0 saturated carbocycles. The number of benzene rings is 1. The van der Waals surface area contributed by atoms with Crippen molar-refractivity contribution < 1.29 is 18.7 Å². The van der Waals surface area contributed by atoms with Gasteiger partial charge in [0.15, 0.2) is 0 Å². The molecule has 1 spiro atoms. The smallest absolute Gasteiger partial charge is 0.253 e. The van der Waals surface area contributed by atoms with Gasteiger partial charge in [0.1, 0.15) is 24.6 Å². The molecule has 7 nitrogen and oxygen atoms in total. The molecule has 1 unspecified atom stereocenters. The Balaban J connectivity index is 1.46. The highest BCUT2D eigenvalue weighted by Crippen LogP contribution is 2.32. The van der Waals surface area contributed by atoms with E-state index < -0.39 is 5.60 Å². The summed E-state index contributed by atoms with van der Waals surface area (Å²) in [6.45, 7) is 1.49. The molecule has 0 aliphatic carbocycles. The van der Waals surface area contributed by atoms with Gasteiger partial charge in [-0.15, -0.1) is 0 Å². The van der Waals surface area contributed by atoms with Crippen LogP contribution in [0.2, 0.25) is 0 Å². The monoisotopic (exact) mass is 358 g/mol. The average molecular weight is 358 g/mol. The molecular weight excluding hydrogens is 339 g/mol. The minimum absolute atomic E-state index is 0.0283. The van der Waals surface area contributed by atoms with E-state index in [1.807, 2.05) is 0 Å². The number of hydrogen-bond acceptors (Lipinski definition) is 4. The zero-order chi connectivity index (χ0) is 18.1. The van der Waals surface area contributed by atoms with E-state index in [0.29, 0.717) is 31.7 Å². The number of nitrogens with zero attached hydrogens (tertiary/aromatic N) is 4. The molecule has 8 heteroatoms. The summed E-state index contributed by atoms with van der Waals surface area (Å²) in [5.41, 5.74) is 0.0580. The predicted molar refractivity (Wildman–Crippen MR) is 90.9 cm³/mol. The van der Waals surface area contributed by atoms with Crippen molar-refractivity contribution in [3.05, 3.63) is 48.5 Å². The first kappa shape index (κ1) is 16.7.